The summed E-state index contributed by atoms with van der Waals surface area (Å²) in [7, 11) is 1.68. The van der Waals surface area contributed by atoms with Crippen LogP contribution in [0.15, 0.2) is 30.5 Å². The minimum atomic E-state index is -0.913. The van der Waals surface area contributed by atoms with Crippen LogP contribution in [0.3, 0.4) is 0 Å². The first-order valence-electron chi connectivity index (χ1n) is 10.4. The van der Waals surface area contributed by atoms with E-state index in [9.17, 15) is 4.79 Å². The number of hydrogen-bond donors (Lipinski definition) is 1. The summed E-state index contributed by atoms with van der Waals surface area (Å²) in [6, 6.07) is 8.61. The molecule has 29 heavy (non-hydrogen) atoms. The molecule has 2 aromatic rings. The molecular formula is C22H32N2O5. The Labute approximate surface area is 172 Å². The Kier molecular flexibility index (Phi) is 8.49. The van der Waals surface area contributed by atoms with Gasteiger partial charge >= 0.3 is 5.97 Å². The second-order valence-corrected chi connectivity index (χ2v) is 7.46. The summed E-state index contributed by atoms with van der Waals surface area (Å²) in [5, 5.41) is 9.98. The van der Waals surface area contributed by atoms with Crippen LogP contribution >= 0.6 is 0 Å². The largest absolute Gasteiger partial charge is 0.480 e. The number of benzene rings is 1. The molecule has 1 aliphatic rings. The number of carbonyl (C=O) groups is 1. The Morgan fingerprint density at radius 3 is 2.59 bits per heavy atom. The fourth-order valence-electron chi connectivity index (χ4n) is 4.01. The molecule has 2 heterocycles. The Balaban J connectivity index is 1.55. The number of methoxy groups -OCH3 is 1. The number of aliphatic carboxylic acids is 1. The van der Waals surface area contributed by atoms with Crippen molar-refractivity contribution in [2.45, 2.75) is 25.3 Å². The van der Waals surface area contributed by atoms with E-state index in [-0.39, 0.29) is 6.61 Å². The molecule has 0 spiro atoms. The molecule has 1 aliphatic heterocycles. The molecular weight excluding hydrogens is 372 g/mol. The van der Waals surface area contributed by atoms with Crippen LogP contribution in [0.4, 0.5) is 0 Å². The van der Waals surface area contributed by atoms with Crippen molar-refractivity contribution in [3.05, 3.63) is 36.0 Å². The van der Waals surface area contributed by atoms with Crippen molar-refractivity contribution in [1.82, 2.24) is 9.47 Å². The number of carboxylic acids is 1. The van der Waals surface area contributed by atoms with Crippen LogP contribution in [0, 0.1) is 0 Å². The maximum atomic E-state index is 10.5. The van der Waals surface area contributed by atoms with Gasteiger partial charge in [-0.1, -0.05) is 18.2 Å². The normalized spacial score (nSPS) is 15.9. The number of fused-ring (bicyclic) bond motifs is 1. The fourth-order valence-corrected chi connectivity index (χ4v) is 4.01. The molecule has 0 radical (unpaired) electrons. The number of aromatic nitrogens is 1. The third kappa shape index (κ3) is 6.27. The summed E-state index contributed by atoms with van der Waals surface area (Å²) >= 11 is 0. The third-order valence-corrected chi connectivity index (χ3v) is 5.53. The number of para-hydroxylation sites is 1. The highest BCUT2D eigenvalue weighted by atomic mass is 16.5. The van der Waals surface area contributed by atoms with Crippen LogP contribution in [0.5, 0.6) is 0 Å². The molecule has 1 aromatic heterocycles. The first-order chi connectivity index (χ1) is 14.2. The molecule has 3 rings (SSSR count). The number of piperidine rings is 1. The highest BCUT2D eigenvalue weighted by Gasteiger charge is 2.23. The molecule has 1 aromatic carbocycles. The molecule has 1 saturated heterocycles. The number of nitrogens with zero attached hydrogens (tertiary/aromatic N) is 2. The van der Waals surface area contributed by atoms with Crippen LogP contribution in [-0.4, -0.2) is 80.3 Å². The van der Waals surface area contributed by atoms with Gasteiger partial charge in [0.2, 0.25) is 0 Å². The molecule has 7 heteroatoms. The van der Waals surface area contributed by atoms with Gasteiger partial charge in [-0.05, 0) is 43.5 Å². The zero-order valence-electron chi connectivity index (χ0n) is 17.2. The zero-order chi connectivity index (χ0) is 20.5. The zero-order valence-corrected chi connectivity index (χ0v) is 17.2. The fraction of sp³-hybridized carbons (Fsp3) is 0.591. The van der Waals surface area contributed by atoms with Gasteiger partial charge in [-0.15, -0.1) is 0 Å². The number of ether oxygens (including phenoxy) is 3. The van der Waals surface area contributed by atoms with Crippen molar-refractivity contribution in [3.63, 3.8) is 0 Å². The summed E-state index contributed by atoms with van der Waals surface area (Å²) in [6.07, 6.45) is 4.52. The molecule has 7 nitrogen and oxygen atoms in total. The van der Waals surface area contributed by atoms with E-state index in [2.05, 4.69) is 39.9 Å². The lowest BCUT2D eigenvalue weighted by molar-refractivity contribution is -0.142. The highest BCUT2D eigenvalue weighted by molar-refractivity contribution is 5.84. The van der Waals surface area contributed by atoms with Crippen molar-refractivity contribution >= 4 is 16.9 Å². The molecule has 0 atom stereocenters. The average Bonchev–Trinajstić information content (AvgIpc) is 3.10. The Morgan fingerprint density at radius 1 is 1.07 bits per heavy atom. The van der Waals surface area contributed by atoms with E-state index in [0.717, 1.165) is 39.0 Å². The Bertz CT molecular complexity index is 768. The summed E-state index contributed by atoms with van der Waals surface area (Å²) in [6.45, 7) is 5.83. The number of rotatable bonds is 12. The van der Waals surface area contributed by atoms with Crippen molar-refractivity contribution in [1.29, 1.82) is 0 Å². The summed E-state index contributed by atoms with van der Waals surface area (Å²) < 4.78 is 18.2. The van der Waals surface area contributed by atoms with Gasteiger partial charge in [-0.2, -0.15) is 0 Å². The second-order valence-electron chi connectivity index (χ2n) is 7.46. The topological polar surface area (TPSA) is 73.2 Å². The Hall–Kier alpha value is -1.93. The number of likely N-dealkylation sites (tertiary alicyclic amines) is 1. The first-order valence-corrected chi connectivity index (χ1v) is 10.4. The molecule has 0 aliphatic carbocycles. The molecule has 160 valence electrons. The van der Waals surface area contributed by atoms with E-state index in [1.165, 1.54) is 16.5 Å². The van der Waals surface area contributed by atoms with Gasteiger partial charge in [0.1, 0.15) is 6.61 Å². The molecule has 1 N–H and O–H groups in total. The lowest BCUT2D eigenvalue weighted by Gasteiger charge is -2.31. The smallest absolute Gasteiger partial charge is 0.329 e. The van der Waals surface area contributed by atoms with Crippen LogP contribution in [0.2, 0.25) is 0 Å². The minimum absolute atomic E-state index is 0.217. The van der Waals surface area contributed by atoms with Gasteiger partial charge in [0.05, 0.1) is 26.4 Å². The summed E-state index contributed by atoms with van der Waals surface area (Å²) in [5.41, 5.74) is 2.70. The molecule has 0 saturated carbocycles. The van der Waals surface area contributed by atoms with Gasteiger partial charge in [-0.25, -0.2) is 4.79 Å². The van der Waals surface area contributed by atoms with Crippen LogP contribution in [0.1, 0.15) is 24.3 Å². The number of hydrogen-bond acceptors (Lipinski definition) is 5. The second kappa shape index (κ2) is 11.3. The highest BCUT2D eigenvalue weighted by Crippen LogP contribution is 2.34. The Morgan fingerprint density at radius 2 is 1.83 bits per heavy atom. The molecule has 0 bridgehead atoms. The molecule has 0 unspecified atom stereocenters. The third-order valence-electron chi connectivity index (χ3n) is 5.53. The van der Waals surface area contributed by atoms with E-state index in [1.807, 2.05) is 0 Å². The maximum Gasteiger partial charge on any atom is 0.329 e. The van der Waals surface area contributed by atoms with Gasteiger partial charge < -0.3 is 28.8 Å². The van der Waals surface area contributed by atoms with Crippen LogP contribution in [0.25, 0.3) is 10.9 Å². The predicted octanol–water partition coefficient (Wildman–Crippen LogP) is 2.58. The minimum Gasteiger partial charge on any atom is -0.480 e. The lowest BCUT2D eigenvalue weighted by atomic mass is 9.89. The lowest BCUT2D eigenvalue weighted by Crippen LogP contribution is -2.35. The quantitative estimate of drug-likeness (QED) is 0.548. The summed E-state index contributed by atoms with van der Waals surface area (Å²) in [4.78, 5) is 12.9. The van der Waals surface area contributed by atoms with Crippen molar-refractivity contribution in [2.75, 3.05) is 59.8 Å². The average molecular weight is 405 g/mol. The van der Waals surface area contributed by atoms with E-state index in [1.54, 1.807) is 7.11 Å². The van der Waals surface area contributed by atoms with Gasteiger partial charge in [0.15, 0.2) is 0 Å². The van der Waals surface area contributed by atoms with Crippen molar-refractivity contribution < 1.29 is 24.1 Å². The van der Waals surface area contributed by atoms with E-state index < -0.39 is 5.97 Å². The van der Waals surface area contributed by atoms with E-state index >= 15 is 0 Å². The monoisotopic (exact) mass is 404 g/mol. The van der Waals surface area contributed by atoms with Crippen LogP contribution < -0.4 is 0 Å². The predicted molar refractivity (Wildman–Crippen MR) is 112 cm³/mol. The first kappa shape index (κ1) is 21.8. The van der Waals surface area contributed by atoms with Gasteiger partial charge in [-0.3, -0.25) is 0 Å². The van der Waals surface area contributed by atoms with E-state index in [0.29, 0.717) is 32.3 Å². The summed E-state index contributed by atoms with van der Waals surface area (Å²) in [5.74, 6) is -0.365. The standard InChI is InChI=1S/C22H32N2O5/c1-27-14-15-28-13-11-24-16-20(19-4-2-3-5-21(19)24)18-6-8-23(9-7-18)10-12-29-17-22(25)26/h2-5,16,18H,6-15,17H2,1H3,(H,25,26). The SMILES string of the molecule is COCCOCCn1cc(C2CCN(CCOCC(=O)O)CC2)c2ccccc21. The van der Waals surface area contributed by atoms with Gasteiger partial charge in [0, 0.05) is 37.3 Å². The molecule has 1 fully saturated rings. The van der Waals surface area contributed by atoms with Crippen LogP contribution in [-0.2, 0) is 25.5 Å². The molecule has 0 amide bonds. The van der Waals surface area contributed by atoms with Gasteiger partial charge in [0.25, 0.3) is 0 Å². The van der Waals surface area contributed by atoms with E-state index in [4.69, 9.17) is 19.3 Å². The van der Waals surface area contributed by atoms with Crippen molar-refractivity contribution in [3.8, 4) is 0 Å². The maximum absolute atomic E-state index is 10.5. The van der Waals surface area contributed by atoms with Crippen molar-refractivity contribution in [2.24, 2.45) is 0 Å². The number of carboxylic acid groups (broad SMARTS) is 1.